The molecule has 0 unspecified atom stereocenters. The molecule has 0 spiro atoms. The topological polar surface area (TPSA) is 44.4 Å². The van der Waals surface area contributed by atoms with Gasteiger partial charge < -0.3 is 10.6 Å². The van der Waals surface area contributed by atoms with Crippen LogP contribution in [0.3, 0.4) is 0 Å². The van der Waals surface area contributed by atoms with Crippen molar-refractivity contribution < 1.29 is 4.79 Å². The molecular weight excluding hydrogens is 214 g/mol. The van der Waals surface area contributed by atoms with Crippen LogP contribution in [0.1, 0.15) is 33.1 Å². The van der Waals surface area contributed by atoms with Gasteiger partial charge in [0.2, 0.25) is 5.91 Å². The molecule has 0 radical (unpaired) electrons. The van der Waals surface area contributed by atoms with Crippen molar-refractivity contribution in [3.05, 3.63) is 0 Å². The molecule has 0 aliphatic carbocycles. The van der Waals surface area contributed by atoms with E-state index in [1.54, 1.807) is 0 Å². The normalized spacial score (nSPS) is 18.2. The number of amides is 1. The van der Waals surface area contributed by atoms with Crippen molar-refractivity contribution in [1.29, 1.82) is 0 Å². The van der Waals surface area contributed by atoms with E-state index in [9.17, 15) is 4.79 Å². The van der Waals surface area contributed by atoms with Crippen molar-refractivity contribution in [2.75, 3.05) is 39.3 Å². The van der Waals surface area contributed by atoms with Crippen LogP contribution >= 0.6 is 0 Å². The molecule has 1 amide bonds. The number of carbonyl (C=O) groups is 1. The standard InChI is InChI=1S/C13H27N3O/c1-3-7-15-13(17)11-16-8-5-12(6-9-16)10-14-4-2/h12,14H,3-11H2,1-2H3,(H,15,17). The van der Waals surface area contributed by atoms with Crippen LogP contribution in [0.2, 0.25) is 0 Å². The first-order valence-corrected chi connectivity index (χ1v) is 6.96. The minimum Gasteiger partial charge on any atom is -0.355 e. The molecule has 0 atom stereocenters. The second-order valence-electron chi connectivity index (χ2n) is 4.88. The summed E-state index contributed by atoms with van der Waals surface area (Å²) in [5.74, 6) is 0.974. The van der Waals surface area contributed by atoms with Gasteiger partial charge in [0.15, 0.2) is 0 Å². The summed E-state index contributed by atoms with van der Waals surface area (Å²) in [5.41, 5.74) is 0. The molecule has 0 saturated carbocycles. The van der Waals surface area contributed by atoms with Gasteiger partial charge in [-0.25, -0.2) is 0 Å². The summed E-state index contributed by atoms with van der Waals surface area (Å²) in [5, 5.41) is 6.34. The van der Waals surface area contributed by atoms with Gasteiger partial charge in [0, 0.05) is 6.54 Å². The number of hydrogen-bond acceptors (Lipinski definition) is 3. The van der Waals surface area contributed by atoms with Gasteiger partial charge in [-0.2, -0.15) is 0 Å². The van der Waals surface area contributed by atoms with E-state index >= 15 is 0 Å². The second kappa shape index (κ2) is 8.48. The van der Waals surface area contributed by atoms with E-state index < -0.39 is 0 Å². The molecule has 0 aromatic heterocycles. The van der Waals surface area contributed by atoms with Gasteiger partial charge in [-0.3, -0.25) is 9.69 Å². The van der Waals surface area contributed by atoms with Crippen molar-refractivity contribution in [2.45, 2.75) is 33.1 Å². The largest absolute Gasteiger partial charge is 0.355 e. The van der Waals surface area contributed by atoms with E-state index in [1.165, 1.54) is 12.8 Å². The highest BCUT2D eigenvalue weighted by Crippen LogP contribution is 2.15. The Morgan fingerprint density at radius 1 is 1.29 bits per heavy atom. The Kier molecular flexibility index (Phi) is 7.21. The molecule has 2 N–H and O–H groups in total. The second-order valence-corrected chi connectivity index (χ2v) is 4.88. The maximum absolute atomic E-state index is 11.6. The lowest BCUT2D eigenvalue weighted by Gasteiger charge is -2.31. The zero-order chi connectivity index (χ0) is 12.5. The maximum Gasteiger partial charge on any atom is 0.234 e. The van der Waals surface area contributed by atoms with E-state index in [-0.39, 0.29) is 5.91 Å². The summed E-state index contributed by atoms with van der Waals surface area (Å²) in [4.78, 5) is 13.8. The van der Waals surface area contributed by atoms with E-state index in [4.69, 9.17) is 0 Å². The van der Waals surface area contributed by atoms with Gasteiger partial charge in [-0.05, 0) is 51.4 Å². The SMILES string of the molecule is CCCNC(=O)CN1CCC(CNCC)CC1. The van der Waals surface area contributed by atoms with Gasteiger partial charge in [0.25, 0.3) is 0 Å². The Morgan fingerprint density at radius 2 is 2.00 bits per heavy atom. The monoisotopic (exact) mass is 241 g/mol. The van der Waals surface area contributed by atoms with Crippen molar-refractivity contribution in [3.63, 3.8) is 0 Å². The fraction of sp³-hybridized carbons (Fsp3) is 0.923. The van der Waals surface area contributed by atoms with E-state index in [2.05, 4.69) is 29.4 Å². The molecule has 0 bridgehead atoms. The Hall–Kier alpha value is -0.610. The molecule has 0 aromatic rings. The number of nitrogens with zero attached hydrogens (tertiary/aromatic N) is 1. The van der Waals surface area contributed by atoms with Crippen LogP contribution in [0.25, 0.3) is 0 Å². The highest BCUT2D eigenvalue weighted by molar-refractivity contribution is 5.77. The van der Waals surface area contributed by atoms with Gasteiger partial charge >= 0.3 is 0 Å². The van der Waals surface area contributed by atoms with Crippen LogP contribution in [0.4, 0.5) is 0 Å². The average molecular weight is 241 g/mol. The minimum absolute atomic E-state index is 0.178. The first-order valence-electron chi connectivity index (χ1n) is 6.96. The molecule has 1 aliphatic rings. The van der Waals surface area contributed by atoms with Crippen LogP contribution in [-0.4, -0.2) is 50.1 Å². The van der Waals surface area contributed by atoms with Gasteiger partial charge in [0.1, 0.15) is 0 Å². The van der Waals surface area contributed by atoms with Crippen LogP contribution in [0.15, 0.2) is 0 Å². The zero-order valence-corrected chi connectivity index (χ0v) is 11.3. The highest BCUT2D eigenvalue weighted by atomic mass is 16.2. The Bertz CT molecular complexity index is 213. The lowest BCUT2D eigenvalue weighted by atomic mass is 9.97. The van der Waals surface area contributed by atoms with Crippen molar-refractivity contribution in [3.8, 4) is 0 Å². The molecular formula is C13H27N3O. The zero-order valence-electron chi connectivity index (χ0n) is 11.3. The quantitative estimate of drug-likeness (QED) is 0.694. The minimum atomic E-state index is 0.178. The Labute approximate surface area is 105 Å². The molecule has 1 rings (SSSR count). The number of carbonyl (C=O) groups excluding carboxylic acids is 1. The molecule has 1 fully saturated rings. The number of rotatable bonds is 7. The lowest BCUT2D eigenvalue weighted by Crippen LogP contribution is -2.43. The van der Waals surface area contributed by atoms with E-state index in [1.807, 2.05) is 0 Å². The molecule has 100 valence electrons. The third-order valence-electron chi connectivity index (χ3n) is 3.33. The molecule has 1 heterocycles. The fourth-order valence-electron chi connectivity index (χ4n) is 2.22. The highest BCUT2D eigenvalue weighted by Gasteiger charge is 2.20. The maximum atomic E-state index is 11.6. The number of likely N-dealkylation sites (tertiary alicyclic amines) is 1. The molecule has 0 aromatic carbocycles. The predicted octanol–water partition coefficient (Wildman–Crippen LogP) is 0.834. The van der Waals surface area contributed by atoms with Crippen LogP contribution in [0, 0.1) is 5.92 Å². The Morgan fingerprint density at radius 3 is 2.59 bits per heavy atom. The fourth-order valence-corrected chi connectivity index (χ4v) is 2.22. The number of hydrogen-bond donors (Lipinski definition) is 2. The lowest BCUT2D eigenvalue weighted by molar-refractivity contribution is -0.122. The third-order valence-corrected chi connectivity index (χ3v) is 3.33. The van der Waals surface area contributed by atoms with Crippen molar-refractivity contribution in [2.24, 2.45) is 5.92 Å². The molecule has 1 saturated heterocycles. The average Bonchev–Trinajstić information content (AvgIpc) is 2.35. The van der Waals surface area contributed by atoms with Crippen LogP contribution in [0.5, 0.6) is 0 Å². The van der Waals surface area contributed by atoms with E-state index in [0.717, 1.165) is 45.1 Å². The summed E-state index contributed by atoms with van der Waals surface area (Å²) in [6.45, 7) is 9.92. The first-order chi connectivity index (χ1) is 8.26. The van der Waals surface area contributed by atoms with Crippen LogP contribution < -0.4 is 10.6 Å². The summed E-state index contributed by atoms with van der Waals surface area (Å²) >= 11 is 0. The summed E-state index contributed by atoms with van der Waals surface area (Å²) in [6, 6.07) is 0. The summed E-state index contributed by atoms with van der Waals surface area (Å²) in [6.07, 6.45) is 3.44. The first kappa shape index (κ1) is 14.5. The van der Waals surface area contributed by atoms with Gasteiger partial charge in [-0.15, -0.1) is 0 Å². The molecule has 1 aliphatic heterocycles. The van der Waals surface area contributed by atoms with Gasteiger partial charge in [0.05, 0.1) is 6.54 Å². The Balaban J connectivity index is 2.12. The molecule has 4 nitrogen and oxygen atoms in total. The van der Waals surface area contributed by atoms with Crippen molar-refractivity contribution in [1.82, 2.24) is 15.5 Å². The number of piperidine rings is 1. The molecule has 17 heavy (non-hydrogen) atoms. The smallest absolute Gasteiger partial charge is 0.234 e. The van der Waals surface area contributed by atoms with E-state index in [0.29, 0.717) is 6.54 Å². The summed E-state index contributed by atoms with van der Waals surface area (Å²) < 4.78 is 0. The number of nitrogens with one attached hydrogen (secondary N) is 2. The third kappa shape index (κ3) is 6.03. The van der Waals surface area contributed by atoms with Crippen molar-refractivity contribution >= 4 is 5.91 Å². The summed E-state index contributed by atoms with van der Waals surface area (Å²) in [7, 11) is 0. The van der Waals surface area contributed by atoms with Gasteiger partial charge in [-0.1, -0.05) is 13.8 Å². The predicted molar refractivity (Wildman–Crippen MR) is 71.0 cm³/mol. The van der Waals surface area contributed by atoms with Crippen LogP contribution in [-0.2, 0) is 4.79 Å². The molecule has 4 heteroatoms.